The number of alkyl halides is 2. The SMILES string of the molecule is CC(C)c1ccc2c(=O)c(C(=O)O)cn(C3CC3)c2c1OC(F)F. The zero-order valence-electron chi connectivity index (χ0n) is 13.3. The molecule has 7 heteroatoms. The van der Waals surface area contributed by atoms with Crippen molar-refractivity contribution in [1.29, 1.82) is 0 Å². The Kier molecular flexibility index (Phi) is 4.03. The maximum Gasteiger partial charge on any atom is 0.387 e. The van der Waals surface area contributed by atoms with E-state index < -0.39 is 18.0 Å². The summed E-state index contributed by atoms with van der Waals surface area (Å²) < 4.78 is 32.2. The van der Waals surface area contributed by atoms with Crippen molar-refractivity contribution in [2.24, 2.45) is 0 Å². The molecule has 0 atom stereocenters. The van der Waals surface area contributed by atoms with Gasteiger partial charge in [-0.15, -0.1) is 0 Å². The Morgan fingerprint density at radius 1 is 1.33 bits per heavy atom. The van der Waals surface area contributed by atoms with Crippen LogP contribution in [0, 0.1) is 0 Å². The van der Waals surface area contributed by atoms with Gasteiger partial charge in [0.15, 0.2) is 5.75 Å². The number of benzene rings is 1. The van der Waals surface area contributed by atoms with Crippen LogP contribution in [0.4, 0.5) is 8.78 Å². The van der Waals surface area contributed by atoms with Gasteiger partial charge in [-0.05, 0) is 30.4 Å². The summed E-state index contributed by atoms with van der Waals surface area (Å²) in [5.41, 5.74) is -0.253. The molecular weight excluding hydrogens is 320 g/mol. The highest BCUT2D eigenvalue weighted by molar-refractivity contribution is 5.95. The molecule has 1 aliphatic rings. The molecule has 0 spiro atoms. The number of halogens is 2. The summed E-state index contributed by atoms with van der Waals surface area (Å²) in [5, 5.41) is 9.33. The van der Waals surface area contributed by atoms with E-state index in [1.165, 1.54) is 12.3 Å². The van der Waals surface area contributed by atoms with Gasteiger partial charge in [-0.1, -0.05) is 19.9 Å². The van der Waals surface area contributed by atoms with Crippen molar-refractivity contribution in [3.63, 3.8) is 0 Å². The van der Waals surface area contributed by atoms with Crippen LogP contribution in [-0.4, -0.2) is 22.3 Å². The Morgan fingerprint density at radius 3 is 2.50 bits per heavy atom. The van der Waals surface area contributed by atoms with Crippen LogP contribution in [0.25, 0.3) is 10.9 Å². The van der Waals surface area contributed by atoms with E-state index in [-0.39, 0.29) is 34.2 Å². The number of carboxylic acids is 1. The molecule has 1 aliphatic carbocycles. The minimum absolute atomic E-state index is 0.00589. The van der Waals surface area contributed by atoms with E-state index in [4.69, 9.17) is 4.74 Å². The zero-order chi connectivity index (χ0) is 17.6. The number of rotatable bonds is 5. The monoisotopic (exact) mass is 337 g/mol. The molecule has 0 unspecified atom stereocenters. The molecule has 1 saturated carbocycles. The van der Waals surface area contributed by atoms with Gasteiger partial charge in [0.25, 0.3) is 0 Å². The Balaban J connectivity index is 2.43. The number of pyridine rings is 1. The molecule has 0 aliphatic heterocycles. The number of aromatic carboxylic acids is 1. The minimum Gasteiger partial charge on any atom is -0.477 e. The third-order valence-electron chi connectivity index (χ3n) is 4.18. The van der Waals surface area contributed by atoms with Gasteiger partial charge >= 0.3 is 12.6 Å². The fourth-order valence-electron chi connectivity index (χ4n) is 2.89. The summed E-state index contributed by atoms with van der Waals surface area (Å²) in [6.07, 6.45) is 2.85. The summed E-state index contributed by atoms with van der Waals surface area (Å²) in [7, 11) is 0. The molecular formula is C17H17F2NO4. The van der Waals surface area contributed by atoms with Crippen molar-refractivity contribution < 1.29 is 23.4 Å². The Labute approximate surface area is 136 Å². The molecule has 2 aromatic rings. The molecule has 0 radical (unpaired) electrons. The largest absolute Gasteiger partial charge is 0.477 e. The fraction of sp³-hybridized carbons (Fsp3) is 0.412. The second kappa shape index (κ2) is 5.89. The van der Waals surface area contributed by atoms with E-state index in [0.717, 1.165) is 12.8 Å². The van der Waals surface area contributed by atoms with Crippen LogP contribution in [0.2, 0.25) is 0 Å². The lowest BCUT2D eigenvalue weighted by Crippen LogP contribution is -2.20. The van der Waals surface area contributed by atoms with E-state index >= 15 is 0 Å². The summed E-state index contributed by atoms with van der Waals surface area (Å²) in [5.74, 6) is -1.47. The standard InChI is InChI=1S/C17H17F2NO4/c1-8(2)10-5-6-11-13(15(10)24-17(18)19)20(9-3-4-9)7-12(14(11)21)16(22)23/h5-9,17H,3-4H2,1-2H3,(H,22,23). The van der Waals surface area contributed by atoms with E-state index in [1.54, 1.807) is 10.6 Å². The van der Waals surface area contributed by atoms with Gasteiger partial charge in [-0.3, -0.25) is 4.79 Å². The first-order chi connectivity index (χ1) is 11.3. The van der Waals surface area contributed by atoms with Gasteiger partial charge < -0.3 is 14.4 Å². The van der Waals surface area contributed by atoms with Crippen molar-refractivity contribution in [2.45, 2.75) is 45.3 Å². The van der Waals surface area contributed by atoms with Crippen molar-refractivity contribution in [3.8, 4) is 5.75 Å². The number of nitrogens with zero attached hydrogens (tertiary/aromatic N) is 1. The smallest absolute Gasteiger partial charge is 0.387 e. The number of hydrogen-bond acceptors (Lipinski definition) is 3. The normalized spacial score (nSPS) is 14.6. The maximum absolute atomic E-state index is 12.9. The highest BCUT2D eigenvalue weighted by atomic mass is 19.3. The number of carbonyl (C=O) groups is 1. The van der Waals surface area contributed by atoms with Crippen molar-refractivity contribution >= 4 is 16.9 Å². The fourth-order valence-corrected chi connectivity index (χ4v) is 2.89. The Bertz CT molecular complexity index is 869. The minimum atomic E-state index is -3.03. The highest BCUT2D eigenvalue weighted by Gasteiger charge is 2.30. The van der Waals surface area contributed by atoms with E-state index in [9.17, 15) is 23.5 Å². The Morgan fingerprint density at radius 2 is 2.00 bits per heavy atom. The van der Waals surface area contributed by atoms with Crippen LogP contribution in [0.15, 0.2) is 23.1 Å². The number of ether oxygens (including phenoxy) is 1. The van der Waals surface area contributed by atoms with Crippen LogP contribution in [0.1, 0.15) is 54.6 Å². The van der Waals surface area contributed by atoms with Crippen molar-refractivity contribution in [3.05, 3.63) is 39.7 Å². The second-order valence-corrected chi connectivity index (χ2v) is 6.23. The van der Waals surface area contributed by atoms with Crippen LogP contribution in [0.3, 0.4) is 0 Å². The Hall–Kier alpha value is -2.44. The molecule has 1 N–H and O–H groups in total. The lowest BCUT2D eigenvalue weighted by atomic mass is 9.98. The first-order valence-corrected chi connectivity index (χ1v) is 7.71. The van der Waals surface area contributed by atoms with Crippen LogP contribution < -0.4 is 10.2 Å². The lowest BCUT2D eigenvalue weighted by molar-refractivity contribution is -0.0497. The topological polar surface area (TPSA) is 68.5 Å². The molecule has 5 nitrogen and oxygen atoms in total. The first-order valence-electron chi connectivity index (χ1n) is 7.71. The summed E-state index contributed by atoms with van der Waals surface area (Å²) in [6.45, 7) is 0.644. The highest BCUT2D eigenvalue weighted by Crippen LogP contribution is 2.42. The molecule has 1 aromatic heterocycles. The van der Waals surface area contributed by atoms with Crippen molar-refractivity contribution in [2.75, 3.05) is 0 Å². The second-order valence-electron chi connectivity index (χ2n) is 6.23. The third-order valence-corrected chi connectivity index (χ3v) is 4.18. The molecule has 1 aromatic carbocycles. The molecule has 128 valence electrons. The average Bonchev–Trinajstić information content (AvgIpc) is 3.31. The van der Waals surface area contributed by atoms with Crippen LogP contribution in [0.5, 0.6) is 5.75 Å². The van der Waals surface area contributed by atoms with Gasteiger partial charge in [0.2, 0.25) is 5.43 Å². The van der Waals surface area contributed by atoms with Crippen LogP contribution in [-0.2, 0) is 0 Å². The third kappa shape index (κ3) is 2.74. The van der Waals surface area contributed by atoms with Gasteiger partial charge in [-0.25, -0.2) is 4.79 Å². The zero-order valence-corrected chi connectivity index (χ0v) is 13.3. The first kappa shape index (κ1) is 16.4. The molecule has 1 heterocycles. The van der Waals surface area contributed by atoms with Crippen molar-refractivity contribution in [1.82, 2.24) is 4.57 Å². The van der Waals surface area contributed by atoms with Crippen LogP contribution >= 0.6 is 0 Å². The number of carboxylic acid groups (broad SMARTS) is 1. The molecule has 0 bridgehead atoms. The maximum atomic E-state index is 12.9. The molecule has 0 amide bonds. The quantitative estimate of drug-likeness (QED) is 0.902. The summed E-state index contributed by atoms with van der Waals surface area (Å²) in [4.78, 5) is 23.8. The molecule has 1 fully saturated rings. The van der Waals surface area contributed by atoms with Gasteiger partial charge in [0, 0.05) is 12.2 Å². The lowest BCUT2D eigenvalue weighted by Gasteiger charge is -2.20. The van der Waals surface area contributed by atoms with Gasteiger partial charge in [0.05, 0.1) is 10.9 Å². The predicted molar refractivity (Wildman–Crippen MR) is 84.2 cm³/mol. The number of hydrogen-bond donors (Lipinski definition) is 1. The summed E-state index contributed by atoms with van der Waals surface area (Å²) >= 11 is 0. The number of fused-ring (bicyclic) bond motifs is 1. The predicted octanol–water partition coefficient (Wildman–Crippen LogP) is 3.76. The van der Waals surface area contributed by atoms with Gasteiger partial charge in [-0.2, -0.15) is 8.78 Å². The molecule has 24 heavy (non-hydrogen) atoms. The molecule has 3 rings (SSSR count). The van der Waals surface area contributed by atoms with Gasteiger partial charge in [0.1, 0.15) is 5.56 Å². The number of aromatic nitrogens is 1. The molecule has 0 saturated heterocycles. The van der Waals surface area contributed by atoms with E-state index in [1.807, 2.05) is 13.8 Å². The average molecular weight is 337 g/mol. The van der Waals surface area contributed by atoms with E-state index in [2.05, 4.69) is 0 Å². The van der Waals surface area contributed by atoms with E-state index in [0.29, 0.717) is 5.56 Å². The summed E-state index contributed by atoms with van der Waals surface area (Å²) in [6, 6.07) is 3.04.